The maximum Gasteiger partial charge on any atom is 0.416 e. The molecule has 0 fully saturated rings. The van der Waals surface area contributed by atoms with Gasteiger partial charge in [0.15, 0.2) is 0 Å². The SMILES string of the molecule is Cc1ccccc1CNC(=O)c1ccnc(Nc2ccc(C(F)(F)F)cc2)c1. The number of carbonyl (C=O) groups excluding carboxylic acids is 1. The Bertz CT molecular complexity index is 969. The van der Waals surface area contributed by atoms with Gasteiger partial charge in [-0.2, -0.15) is 13.2 Å². The van der Waals surface area contributed by atoms with Crippen LogP contribution >= 0.6 is 0 Å². The van der Waals surface area contributed by atoms with E-state index in [1.54, 1.807) is 12.1 Å². The first kappa shape index (κ1) is 19.4. The molecule has 1 aromatic heterocycles. The molecule has 144 valence electrons. The van der Waals surface area contributed by atoms with E-state index >= 15 is 0 Å². The predicted molar refractivity (Wildman–Crippen MR) is 101 cm³/mol. The highest BCUT2D eigenvalue weighted by molar-refractivity contribution is 5.94. The van der Waals surface area contributed by atoms with Crippen molar-refractivity contribution in [2.45, 2.75) is 19.6 Å². The van der Waals surface area contributed by atoms with Crippen LogP contribution in [0.25, 0.3) is 0 Å². The van der Waals surface area contributed by atoms with Crippen LogP contribution in [0.1, 0.15) is 27.0 Å². The zero-order valence-electron chi connectivity index (χ0n) is 15.0. The van der Waals surface area contributed by atoms with Crippen LogP contribution in [0, 0.1) is 6.92 Å². The fraction of sp³-hybridized carbons (Fsp3) is 0.143. The molecule has 2 aromatic carbocycles. The summed E-state index contributed by atoms with van der Waals surface area (Å²) in [4.78, 5) is 16.5. The molecule has 1 amide bonds. The van der Waals surface area contributed by atoms with E-state index in [9.17, 15) is 18.0 Å². The number of anilines is 2. The minimum atomic E-state index is -4.38. The molecule has 0 radical (unpaired) electrons. The van der Waals surface area contributed by atoms with Gasteiger partial charge in [-0.15, -0.1) is 0 Å². The zero-order chi connectivity index (χ0) is 20.1. The van der Waals surface area contributed by atoms with E-state index in [1.165, 1.54) is 18.3 Å². The minimum Gasteiger partial charge on any atom is -0.348 e. The predicted octanol–water partition coefficient (Wildman–Crippen LogP) is 5.08. The van der Waals surface area contributed by atoms with E-state index in [2.05, 4.69) is 15.6 Å². The van der Waals surface area contributed by atoms with Gasteiger partial charge in [0, 0.05) is 24.0 Å². The molecule has 0 aliphatic rings. The molecule has 0 spiro atoms. The second-order valence-electron chi connectivity index (χ2n) is 6.24. The Morgan fingerprint density at radius 3 is 2.43 bits per heavy atom. The smallest absolute Gasteiger partial charge is 0.348 e. The van der Waals surface area contributed by atoms with Crippen LogP contribution in [0.15, 0.2) is 66.9 Å². The van der Waals surface area contributed by atoms with Crippen LogP contribution in [-0.4, -0.2) is 10.9 Å². The highest BCUT2D eigenvalue weighted by Gasteiger charge is 2.29. The third-order valence-electron chi connectivity index (χ3n) is 4.21. The molecule has 7 heteroatoms. The Morgan fingerprint density at radius 2 is 1.75 bits per heavy atom. The van der Waals surface area contributed by atoms with Crippen molar-refractivity contribution in [1.82, 2.24) is 10.3 Å². The molecule has 0 unspecified atom stereocenters. The summed E-state index contributed by atoms with van der Waals surface area (Å²) >= 11 is 0. The Morgan fingerprint density at radius 1 is 1.04 bits per heavy atom. The number of rotatable bonds is 5. The summed E-state index contributed by atoms with van der Waals surface area (Å²) in [6, 6.07) is 15.5. The molecule has 3 rings (SSSR count). The minimum absolute atomic E-state index is 0.263. The number of amides is 1. The standard InChI is InChI=1S/C21H18F3N3O/c1-14-4-2-3-5-16(14)13-26-20(28)15-10-11-25-19(12-15)27-18-8-6-17(7-9-18)21(22,23)24/h2-12H,13H2,1H3,(H,25,27)(H,26,28). The highest BCUT2D eigenvalue weighted by atomic mass is 19.4. The Hall–Kier alpha value is -3.35. The van der Waals surface area contributed by atoms with Gasteiger partial charge >= 0.3 is 6.18 Å². The number of aryl methyl sites for hydroxylation is 1. The summed E-state index contributed by atoms with van der Waals surface area (Å²) in [5.74, 6) is 0.101. The van der Waals surface area contributed by atoms with E-state index in [0.717, 1.165) is 23.3 Å². The van der Waals surface area contributed by atoms with E-state index in [4.69, 9.17) is 0 Å². The van der Waals surface area contributed by atoms with Crippen LogP contribution in [0.4, 0.5) is 24.7 Å². The summed E-state index contributed by atoms with van der Waals surface area (Å²) in [5, 5.41) is 5.75. The summed E-state index contributed by atoms with van der Waals surface area (Å²) in [6.07, 6.45) is -2.92. The maximum absolute atomic E-state index is 12.6. The van der Waals surface area contributed by atoms with Crippen LogP contribution in [0.3, 0.4) is 0 Å². The molecule has 0 aliphatic carbocycles. The number of nitrogens with zero attached hydrogens (tertiary/aromatic N) is 1. The third-order valence-corrected chi connectivity index (χ3v) is 4.21. The molecule has 2 N–H and O–H groups in total. The number of nitrogens with one attached hydrogen (secondary N) is 2. The average molecular weight is 385 g/mol. The fourth-order valence-electron chi connectivity index (χ4n) is 2.62. The zero-order valence-corrected chi connectivity index (χ0v) is 15.0. The van der Waals surface area contributed by atoms with Crippen molar-refractivity contribution >= 4 is 17.4 Å². The van der Waals surface area contributed by atoms with Crippen molar-refractivity contribution in [1.29, 1.82) is 0 Å². The van der Waals surface area contributed by atoms with Crippen LogP contribution < -0.4 is 10.6 Å². The molecule has 0 atom stereocenters. The summed E-state index contributed by atoms with van der Waals surface area (Å²) in [7, 11) is 0. The lowest BCUT2D eigenvalue weighted by molar-refractivity contribution is -0.137. The number of carbonyl (C=O) groups is 1. The van der Waals surface area contributed by atoms with Crippen molar-refractivity contribution in [3.8, 4) is 0 Å². The maximum atomic E-state index is 12.6. The molecule has 28 heavy (non-hydrogen) atoms. The van der Waals surface area contributed by atoms with Gasteiger partial charge in [-0.3, -0.25) is 4.79 Å². The van der Waals surface area contributed by atoms with E-state index < -0.39 is 11.7 Å². The number of aromatic nitrogens is 1. The van der Waals surface area contributed by atoms with Gasteiger partial charge < -0.3 is 10.6 Å². The Balaban J connectivity index is 1.66. The number of hydrogen-bond acceptors (Lipinski definition) is 3. The largest absolute Gasteiger partial charge is 0.416 e. The summed E-state index contributed by atoms with van der Waals surface area (Å²) in [6.45, 7) is 2.37. The number of pyridine rings is 1. The first-order chi connectivity index (χ1) is 13.3. The monoisotopic (exact) mass is 385 g/mol. The second-order valence-corrected chi connectivity index (χ2v) is 6.24. The molecule has 0 aliphatic heterocycles. The van der Waals surface area contributed by atoms with E-state index in [-0.39, 0.29) is 5.91 Å². The van der Waals surface area contributed by atoms with Crippen molar-refractivity contribution in [3.63, 3.8) is 0 Å². The van der Waals surface area contributed by atoms with Crippen molar-refractivity contribution in [3.05, 3.63) is 89.1 Å². The lowest BCUT2D eigenvalue weighted by Crippen LogP contribution is -2.23. The quantitative estimate of drug-likeness (QED) is 0.644. The number of benzene rings is 2. The van der Waals surface area contributed by atoms with Crippen molar-refractivity contribution in [2.75, 3.05) is 5.32 Å². The normalized spacial score (nSPS) is 11.1. The Kier molecular flexibility index (Phi) is 5.63. The number of alkyl halides is 3. The molecule has 3 aromatic rings. The van der Waals surface area contributed by atoms with Crippen molar-refractivity contribution < 1.29 is 18.0 Å². The Labute approximate surface area is 160 Å². The molecule has 1 heterocycles. The first-order valence-electron chi connectivity index (χ1n) is 8.56. The van der Waals surface area contributed by atoms with E-state index in [1.807, 2.05) is 31.2 Å². The van der Waals surface area contributed by atoms with Gasteiger partial charge in [-0.1, -0.05) is 24.3 Å². The van der Waals surface area contributed by atoms with Gasteiger partial charge in [-0.25, -0.2) is 4.98 Å². The van der Waals surface area contributed by atoms with Gasteiger partial charge in [-0.05, 0) is 54.4 Å². The average Bonchev–Trinajstić information content (AvgIpc) is 2.67. The second kappa shape index (κ2) is 8.12. The topological polar surface area (TPSA) is 54.0 Å². The van der Waals surface area contributed by atoms with Gasteiger partial charge in [0.05, 0.1) is 5.56 Å². The number of hydrogen-bond donors (Lipinski definition) is 2. The third kappa shape index (κ3) is 4.88. The molecule has 0 bridgehead atoms. The van der Waals surface area contributed by atoms with Gasteiger partial charge in [0.2, 0.25) is 0 Å². The fourth-order valence-corrected chi connectivity index (χ4v) is 2.62. The molecular formula is C21H18F3N3O. The highest BCUT2D eigenvalue weighted by Crippen LogP contribution is 2.30. The molecule has 0 saturated heterocycles. The van der Waals surface area contributed by atoms with Gasteiger partial charge in [0.25, 0.3) is 5.91 Å². The van der Waals surface area contributed by atoms with Gasteiger partial charge in [0.1, 0.15) is 5.82 Å². The van der Waals surface area contributed by atoms with Crippen LogP contribution in [0.5, 0.6) is 0 Å². The molecular weight excluding hydrogens is 367 g/mol. The summed E-state index contributed by atoms with van der Waals surface area (Å²) < 4.78 is 37.9. The van der Waals surface area contributed by atoms with Crippen molar-refractivity contribution in [2.24, 2.45) is 0 Å². The lowest BCUT2D eigenvalue weighted by Gasteiger charge is -2.11. The molecule has 0 saturated carbocycles. The lowest BCUT2D eigenvalue weighted by atomic mass is 10.1. The summed E-state index contributed by atoms with van der Waals surface area (Å²) in [5.41, 5.74) is 2.22. The molecule has 4 nitrogen and oxygen atoms in total. The van der Waals surface area contributed by atoms with Crippen LogP contribution in [-0.2, 0) is 12.7 Å². The van der Waals surface area contributed by atoms with Crippen LogP contribution in [0.2, 0.25) is 0 Å². The van der Waals surface area contributed by atoms with E-state index in [0.29, 0.717) is 23.6 Å². The number of halogens is 3. The first-order valence-corrected chi connectivity index (χ1v) is 8.56.